The fraction of sp³-hybridized carbons (Fsp3) is 0. The lowest BCUT2D eigenvalue weighted by Gasteiger charge is -2.11. The van der Waals surface area contributed by atoms with Crippen molar-refractivity contribution in [2.75, 3.05) is 0 Å². The molecule has 0 aliphatic rings. The van der Waals surface area contributed by atoms with Gasteiger partial charge < -0.3 is 0 Å². The third-order valence-electron chi connectivity index (χ3n) is 9.21. The van der Waals surface area contributed by atoms with E-state index in [9.17, 15) is 0 Å². The van der Waals surface area contributed by atoms with Gasteiger partial charge in [0.05, 0.1) is 22.1 Å². The fourth-order valence-electron chi connectivity index (χ4n) is 7.00. The number of rotatable bonds is 5. The lowest BCUT2D eigenvalue weighted by molar-refractivity contribution is 1.02. The Morgan fingerprint density at radius 1 is 0.280 bits per heavy atom. The molecule has 0 saturated heterocycles. The van der Waals surface area contributed by atoms with Crippen molar-refractivity contribution in [1.29, 1.82) is 0 Å². The van der Waals surface area contributed by atoms with Crippen LogP contribution in [0.5, 0.6) is 0 Å². The van der Waals surface area contributed by atoms with Gasteiger partial charge in [-0.25, -0.2) is 24.9 Å². The first-order valence-electron chi connectivity index (χ1n) is 16.5. The summed E-state index contributed by atoms with van der Waals surface area (Å²) < 4.78 is 4.40. The Labute approximate surface area is 286 Å². The maximum atomic E-state index is 5.17. The molecule has 0 atom stereocenters. The molecule has 234 valence electrons. The lowest BCUT2D eigenvalue weighted by atomic mass is 10.2. The van der Waals surface area contributed by atoms with Gasteiger partial charge in [0.1, 0.15) is 23.0 Å². The van der Waals surface area contributed by atoms with Crippen molar-refractivity contribution in [2.45, 2.75) is 0 Å². The highest BCUT2D eigenvalue weighted by atomic mass is 15.1. The predicted molar refractivity (Wildman–Crippen MR) is 200 cm³/mol. The number of hydrogen-bond donors (Lipinski definition) is 0. The van der Waals surface area contributed by atoms with Crippen LogP contribution in [0.25, 0.3) is 89.7 Å². The summed E-state index contributed by atoms with van der Waals surface area (Å²) in [5.41, 5.74) is 6.52. The van der Waals surface area contributed by atoms with Crippen molar-refractivity contribution in [1.82, 2.24) is 34.1 Å². The normalized spacial score (nSPS) is 11.6. The molecule has 0 unspecified atom stereocenters. The topological polar surface area (TPSA) is 74.3 Å². The molecule has 0 saturated carbocycles. The van der Waals surface area contributed by atoms with E-state index in [1.54, 1.807) is 0 Å². The molecule has 7 heteroatoms. The summed E-state index contributed by atoms with van der Waals surface area (Å²) in [4.78, 5) is 25.3. The van der Waals surface area contributed by atoms with Crippen LogP contribution in [0.1, 0.15) is 0 Å². The molecule has 0 radical (unpaired) electrons. The number of benzene rings is 5. The molecule has 0 aliphatic heterocycles. The maximum Gasteiger partial charge on any atom is 0.182 e. The van der Waals surface area contributed by atoms with Gasteiger partial charge in [0.2, 0.25) is 0 Å². The van der Waals surface area contributed by atoms with E-state index >= 15 is 0 Å². The van der Waals surface area contributed by atoms with Gasteiger partial charge >= 0.3 is 0 Å². The molecular formula is C43H27N7. The molecule has 10 rings (SSSR count). The molecule has 0 aliphatic carbocycles. The molecule has 5 aromatic carbocycles. The molecule has 0 spiro atoms. The van der Waals surface area contributed by atoms with Crippen molar-refractivity contribution < 1.29 is 0 Å². The van der Waals surface area contributed by atoms with E-state index < -0.39 is 0 Å². The zero-order valence-corrected chi connectivity index (χ0v) is 26.7. The number of pyridine rings is 2. The van der Waals surface area contributed by atoms with Gasteiger partial charge in [-0.3, -0.25) is 9.13 Å². The zero-order chi connectivity index (χ0) is 33.0. The molecule has 0 amide bonds. The van der Waals surface area contributed by atoms with E-state index in [0.29, 0.717) is 28.9 Å². The second-order valence-electron chi connectivity index (χ2n) is 12.2. The van der Waals surface area contributed by atoms with Crippen LogP contribution in [0.15, 0.2) is 164 Å². The number of fused-ring (bicyclic) bond motifs is 6. The van der Waals surface area contributed by atoms with E-state index in [1.807, 2.05) is 66.7 Å². The van der Waals surface area contributed by atoms with Crippen molar-refractivity contribution in [3.63, 3.8) is 0 Å². The van der Waals surface area contributed by atoms with Crippen LogP contribution in [0.2, 0.25) is 0 Å². The molecular weight excluding hydrogens is 615 g/mol. The highest BCUT2D eigenvalue weighted by Gasteiger charge is 2.18. The van der Waals surface area contributed by atoms with Crippen molar-refractivity contribution in [2.24, 2.45) is 0 Å². The van der Waals surface area contributed by atoms with E-state index in [1.165, 1.54) is 21.5 Å². The van der Waals surface area contributed by atoms with Crippen molar-refractivity contribution in [3.8, 4) is 46.1 Å². The number of nitrogens with zero attached hydrogens (tertiary/aromatic N) is 7. The number of hydrogen-bond acceptors (Lipinski definition) is 5. The van der Waals surface area contributed by atoms with Crippen LogP contribution in [-0.4, -0.2) is 34.1 Å². The van der Waals surface area contributed by atoms with Gasteiger partial charge in [-0.15, -0.1) is 0 Å². The molecule has 5 heterocycles. The third kappa shape index (κ3) is 4.48. The molecule has 10 aromatic rings. The van der Waals surface area contributed by atoms with Crippen LogP contribution in [-0.2, 0) is 0 Å². The first kappa shape index (κ1) is 28.1. The average Bonchev–Trinajstić information content (AvgIpc) is 3.71. The highest BCUT2D eigenvalue weighted by molar-refractivity contribution is 6.10. The minimum Gasteiger partial charge on any atom is -0.294 e. The fourth-order valence-corrected chi connectivity index (χ4v) is 7.00. The molecule has 7 nitrogen and oxygen atoms in total. The first-order chi connectivity index (χ1) is 24.8. The molecule has 0 N–H and O–H groups in total. The van der Waals surface area contributed by atoms with Crippen LogP contribution in [0.3, 0.4) is 0 Å². The summed E-state index contributed by atoms with van der Waals surface area (Å²) in [6.07, 6.45) is 0. The third-order valence-corrected chi connectivity index (χ3v) is 9.21. The van der Waals surface area contributed by atoms with E-state index in [4.69, 9.17) is 24.9 Å². The number of para-hydroxylation sites is 4. The second-order valence-corrected chi connectivity index (χ2v) is 12.2. The summed E-state index contributed by atoms with van der Waals surface area (Å²) in [6.45, 7) is 0. The predicted octanol–water partition coefficient (Wildman–Crippen LogP) is 9.86. The quantitative estimate of drug-likeness (QED) is 0.187. The van der Waals surface area contributed by atoms with Crippen LogP contribution in [0, 0.1) is 0 Å². The van der Waals surface area contributed by atoms with Gasteiger partial charge in [-0.05, 0) is 48.5 Å². The highest BCUT2D eigenvalue weighted by Crippen LogP contribution is 2.34. The van der Waals surface area contributed by atoms with Gasteiger partial charge in [-0.1, -0.05) is 115 Å². The van der Waals surface area contributed by atoms with Gasteiger partial charge in [0.25, 0.3) is 0 Å². The Morgan fingerprint density at radius 3 is 1.06 bits per heavy atom. The Kier molecular flexibility index (Phi) is 6.35. The average molecular weight is 642 g/mol. The van der Waals surface area contributed by atoms with Gasteiger partial charge in [0.15, 0.2) is 17.5 Å². The summed E-state index contributed by atoms with van der Waals surface area (Å²) >= 11 is 0. The van der Waals surface area contributed by atoms with Crippen molar-refractivity contribution >= 4 is 43.6 Å². The summed E-state index contributed by atoms with van der Waals surface area (Å²) in [5.74, 6) is 3.07. The molecule has 5 aromatic heterocycles. The Hall–Kier alpha value is -6.99. The lowest BCUT2D eigenvalue weighted by Crippen LogP contribution is -2.05. The Bertz CT molecular complexity index is 2610. The maximum absolute atomic E-state index is 5.17. The summed E-state index contributed by atoms with van der Waals surface area (Å²) in [5, 5.41) is 4.72. The monoisotopic (exact) mass is 641 g/mol. The summed E-state index contributed by atoms with van der Waals surface area (Å²) in [7, 11) is 0. The molecule has 0 fully saturated rings. The SMILES string of the molecule is c1ccc(-c2nc(-c3cccc(-n4c5ccccc5c5ccccc54)n3)nc(-c3cccc(-n4c5ccccc5c5ccccc54)n3)n2)cc1. The van der Waals surface area contributed by atoms with Gasteiger partial charge in [-0.2, -0.15) is 0 Å². The van der Waals surface area contributed by atoms with E-state index in [-0.39, 0.29) is 0 Å². The van der Waals surface area contributed by atoms with Crippen molar-refractivity contribution in [3.05, 3.63) is 164 Å². The van der Waals surface area contributed by atoms with Gasteiger partial charge in [0, 0.05) is 27.1 Å². The van der Waals surface area contributed by atoms with Crippen LogP contribution < -0.4 is 0 Å². The van der Waals surface area contributed by atoms with Crippen LogP contribution in [0.4, 0.5) is 0 Å². The molecule has 50 heavy (non-hydrogen) atoms. The smallest absolute Gasteiger partial charge is 0.182 e. The van der Waals surface area contributed by atoms with Crippen LogP contribution >= 0.6 is 0 Å². The zero-order valence-electron chi connectivity index (χ0n) is 26.7. The standard InChI is InChI=1S/C43H27N7/c1-2-14-28(15-3-1)41-46-42(33-20-12-26-39(44-33)49-35-22-8-4-16-29(35)30-17-5-9-23-36(30)49)48-43(47-41)34-21-13-27-40(45-34)50-37-24-10-6-18-31(37)32-19-7-11-25-38(32)50/h1-27H. The Balaban J connectivity index is 1.15. The largest absolute Gasteiger partial charge is 0.294 e. The first-order valence-corrected chi connectivity index (χ1v) is 16.5. The second kappa shape index (κ2) is 11.3. The molecule has 0 bridgehead atoms. The number of aromatic nitrogens is 7. The van der Waals surface area contributed by atoms with E-state index in [0.717, 1.165) is 39.3 Å². The summed E-state index contributed by atoms with van der Waals surface area (Å²) in [6, 6.07) is 55.6. The minimum atomic E-state index is 0.473. The Morgan fingerprint density at radius 2 is 0.640 bits per heavy atom. The van der Waals surface area contributed by atoms with E-state index in [2.05, 4.69) is 106 Å². The minimum absolute atomic E-state index is 0.473.